The van der Waals surface area contributed by atoms with Crippen molar-refractivity contribution in [1.82, 2.24) is 9.88 Å². The molecule has 1 aliphatic carbocycles. The van der Waals surface area contributed by atoms with E-state index in [4.69, 9.17) is 9.72 Å². The zero-order chi connectivity index (χ0) is 18.8. The summed E-state index contributed by atoms with van der Waals surface area (Å²) >= 11 is 0. The van der Waals surface area contributed by atoms with Crippen LogP contribution in [-0.4, -0.2) is 36.0 Å². The van der Waals surface area contributed by atoms with Gasteiger partial charge in [0.15, 0.2) is 0 Å². The number of para-hydroxylation sites is 1. The topological polar surface area (TPSA) is 42.4 Å². The van der Waals surface area contributed by atoms with Gasteiger partial charge in [-0.2, -0.15) is 0 Å². The highest BCUT2D eigenvalue weighted by Gasteiger charge is 2.25. The second kappa shape index (κ2) is 7.39. The predicted octanol–water partition coefficient (Wildman–Crippen LogP) is 4.93. The Morgan fingerprint density at radius 2 is 1.78 bits per heavy atom. The molecule has 0 spiro atoms. The second-order valence-electron chi connectivity index (χ2n) is 7.16. The monoisotopic (exact) mass is 360 g/mol. The van der Waals surface area contributed by atoms with E-state index in [1.54, 1.807) is 7.11 Å². The quantitative estimate of drug-likeness (QED) is 0.663. The van der Waals surface area contributed by atoms with Crippen LogP contribution in [0.4, 0.5) is 0 Å². The summed E-state index contributed by atoms with van der Waals surface area (Å²) in [5.41, 5.74) is 3.34. The largest absolute Gasteiger partial charge is 0.497 e. The van der Waals surface area contributed by atoms with Gasteiger partial charge in [-0.3, -0.25) is 4.79 Å². The Morgan fingerprint density at radius 1 is 1.07 bits per heavy atom. The van der Waals surface area contributed by atoms with Gasteiger partial charge in [-0.1, -0.05) is 31.0 Å². The first-order valence-electron chi connectivity index (χ1n) is 9.49. The first-order chi connectivity index (χ1) is 13.2. The summed E-state index contributed by atoms with van der Waals surface area (Å²) in [6.07, 6.45) is 4.60. The molecule has 2 aromatic carbocycles. The highest BCUT2D eigenvalue weighted by Crippen LogP contribution is 2.29. The Kier molecular flexibility index (Phi) is 4.80. The number of rotatable bonds is 4. The molecule has 3 aromatic rings. The normalized spacial score (nSPS) is 14.4. The van der Waals surface area contributed by atoms with E-state index >= 15 is 0 Å². The molecule has 27 heavy (non-hydrogen) atoms. The summed E-state index contributed by atoms with van der Waals surface area (Å²) in [6.45, 7) is 0. The van der Waals surface area contributed by atoms with Crippen LogP contribution in [0.5, 0.6) is 5.75 Å². The smallest absolute Gasteiger partial charge is 0.254 e. The lowest BCUT2D eigenvalue weighted by Gasteiger charge is -2.25. The molecular formula is C23H24N2O2. The molecule has 0 atom stereocenters. The number of nitrogens with zero attached hydrogens (tertiary/aromatic N) is 2. The van der Waals surface area contributed by atoms with E-state index in [0.717, 1.165) is 46.3 Å². The maximum Gasteiger partial charge on any atom is 0.254 e. The van der Waals surface area contributed by atoms with Gasteiger partial charge < -0.3 is 9.64 Å². The van der Waals surface area contributed by atoms with Crippen molar-refractivity contribution >= 4 is 16.8 Å². The summed E-state index contributed by atoms with van der Waals surface area (Å²) < 4.78 is 5.24. The fraction of sp³-hybridized carbons (Fsp3) is 0.304. The van der Waals surface area contributed by atoms with Crippen LogP contribution in [0.1, 0.15) is 36.0 Å². The van der Waals surface area contributed by atoms with Crippen LogP contribution in [0, 0.1) is 0 Å². The molecule has 1 heterocycles. The van der Waals surface area contributed by atoms with Crippen LogP contribution < -0.4 is 4.74 Å². The minimum atomic E-state index is 0.0789. The third-order valence-corrected chi connectivity index (χ3v) is 5.53. The SMILES string of the molecule is COc1ccc(-c2cc(C(=O)N(C)C3CCCC3)c3ccccc3n2)cc1. The van der Waals surface area contributed by atoms with Gasteiger partial charge in [0.25, 0.3) is 5.91 Å². The van der Waals surface area contributed by atoms with E-state index in [2.05, 4.69) is 0 Å². The first kappa shape index (κ1) is 17.5. The van der Waals surface area contributed by atoms with Crippen molar-refractivity contribution in [3.05, 3.63) is 60.2 Å². The van der Waals surface area contributed by atoms with Gasteiger partial charge >= 0.3 is 0 Å². The van der Waals surface area contributed by atoms with Gasteiger partial charge in [0.2, 0.25) is 0 Å². The summed E-state index contributed by atoms with van der Waals surface area (Å²) in [5.74, 6) is 0.882. The molecule has 0 unspecified atom stereocenters. The number of benzene rings is 2. The molecule has 0 saturated heterocycles. The minimum absolute atomic E-state index is 0.0789. The fourth-order valence-corrected chi connectivity index (χ4v) is 3.91. The summed E-state index contributed by atoms with van der Waals surface area (Å²) in [7, 11) is 3.58. The molecule has 1 fully saturated rings. The summed E-state index contributed by atoms with van der Waals surface area (Å²) in [6, 6.07) is 17.9. The predicted molar refractivity (Wildman–Crippen MR) is 108 cm³/mol. The number of pyridine rings is 1. The molecule has 0 bridgehead atoms. The van der Waals surface area contributed by atoms with E-state index in [-0.39, 0.29) is 5.91 Å². The van der Waals surface area contributed by atoms with Gasteiger partial charge in [-0.05, 0) is 49.2 Å². The number of methoxy groups -OCH3 is 1. The lowest BCUT2D eigenvalue weighted by atomic mass is 10.0. The molecule has 4 heteroatoms. The lowest BCUT2D eigenvalue weighted by molar-refractivity contribution is 0.0737. The van der Waals surface area contributed by atoms with E-state index in [1.807, 2.05) is 66.5 Å². The Hall–Kier alpha value is -2.88. The third kappa shape index (κ3) is 3.39. The Balaban J connectivity index is 1.79. The van der Waals surface area contributed by atoms with Gasteiger partial charge in [-0.25, -0.2) is 4.98 Å². The molecular weight excluding hydrogens is 336 g/mol. The van der Waals surface area contributed by atoms with Crippen molar-refractivity contribution in [3.63, 3.8) is 0 Å². The summed E-state index contributed by atoms with van der Waals surface area (Å²) in [5, 5.41) is 0.907. The lowest BCUT2D eigenvalue weighted by Crippen LogP contribution is -2.35. The van der Waals surface area contributed by atoms with E-state index < -0.39 is 0 Å². The molecule has 4 nitrogen and oxygen atoms in total. The van der Waals surface area contributed by atoms with Gasteiger partial charge in [-0.15, -0.1) is 0 Å². The van der Waals surface area contributed by atoms with Crippen LogP contribution in [0.15, 0.2) is 54.6 Å². The number of carbonyl (C=O) groups excluding carboxylic acids is 1. The zero-order valence-corrected chi connectivity index (χ0v) is 15.8. The number of hydrogen-bond acceptors (Lipinski definition) is 3. The number of aromatic nitrogens is 1. The zero-order valence-electron chi connectivity index (χ0n) is 15.8. The molecule has 1 aromatic heterocycles. The minimum Gasteiger partial charge on any atom is -0.497 e. The number of hydrogen-bond donors (Lipinski definition) is 0. The standard InChI is InChI=1S/C23H24N2O2/c1-25(17-7-3-4-8-17)23(26)20-15-22(16-11-13-18(27-2)14-12-16)24-21-10-6-5-9-19(20)21/h5-6,9-15,17H,3-4,7-8H2,1-2H3. The van der Waals surface area contributed by atoms with Crippen LogP contribution in [0.25, 0.3) is 22.2 Å². The highest BCUT2D eigenvalue weighted by atomic mass is 16.5. The Morgan fingerprint density at radius 3 is 2.48 bits per heavy atom. The number of ether oxygens (including phenoxy) is 1. The first-order valence-corrected chi connectivity index (χ1v) is 9.49. The maximum atomic E-state index is 13.3. The number of carbonyl (C=O) groups is 1. The second-order valence-corrected chi connectivity index (χ2v) is 7.16. The Labute approximate surface area is 159 Å². The van der Waals surface area contributed by atoms with Crippen molar-refractivity contribution < 1.29 is 9.53 Å². The van der Waals surface area contributed by atoms with Crippen molar-refractivity contribution in [2.45, 2.75) is 31.7 Å². The molecule has 1 saturated carbocycles. The van der Waals surface area contributed by atoms with Gasteiger partial charge in [0.1, 0.15) is 5.75 Å². The molecule has 1 amide bonds. The molecule has 0 radical (unpaired) electrons. The van der Waals surface area contributed by atoms with Crippen molar-refractivity contribution in [2.75, 3.05) is 14.2 Å². The van der Waals surface area contributed by atoms with E-state index in [0.29, 0.717) is 6.04 Å². The highest BCUT2D eigenvalue weighted by molar-refractivity contribution is 6.07. The third-order valence-electron chi connectivity index (χ3n) is 5.53. The van der Waals surface area contributed by atoms with E-state index in [1.165, 1.54) is 12.8 Å². The summed E-state index contributed by atoms with van der Waals surface area (Å²) in [4.78, 5) is 20.0. The molecule has 1 aliphatic rings. The van der Waals surface area contributed by atoms with Crippen LogP contribution in [0.2, 0.25) is 0 Å². The molecule has 0 aliphatic heterocycles. The molecule has 4 rings (SSSR count). The van der Waals surface area contributed by atoms with Crippen LogP contribution in [0.3, 0.4) is 0 Å². The molecule has 138 valence electrons. The van der Waals surface area contributed by atoms with Gasteiger partial charge in [0.05, 0.1) is 23.9 Å². The van der Waals surface area contributed by atoms with Crippen molar-refractivity contribution in [3.8, 4) is 17.0 Å². The van der Waals surface area contributed by atoms with Crippen molar-refractivity contribution in [1.29, 1.82) is 0 Å². The fourth-order valence-electron chi connectivity index (χ4n) is 3.91. The maximum absolute atomic E-state index is 13.3. The average Bonchev–Trinajstić information content (AvgIpc) is 3.27. The Bertz CT molecular complexity index is 960. The number of fused-ring (bicyclic) bond motifs is 1. The van der Waals surface area contributed by atoms with E-state index in [9.17, 15) is 4.79 Å². The van der Waals surface area contributed by atoms with Gasteiger partial charge in [0, 0.05) is 24.0 Å². The van der Waals surface area contributed by atoms with Crippen molar-refractivity contribution in [2.24, 2.45) is 0 Å². The van der Waals surface area contributed by atoms with Crippen LogP contribution in [-0.2, 0) is 0 Å². The molecule has 0 N–H and O–H groups in total. The van der Waals surface area contributed by atoms with Crippen LogP contribution >= 0.6 is 0 Å². The number of amides is 1. The average molecular weight is 360 g/mol.